The summed E-state index contributed by atoms with van der Waals surface area (Å²) in [6.45, 7) is 5.57. The van der Waals surface area contributed by atoms with Crippen molar-refractivity contribution in [1.29, 1.82) is 0 Å². The SMILES string of the molecule is CC(C)(C)OC(=O)NC(CN)Cc1ccc(F)cc1Cl. The third kappa shape index (κ3) is 5.75. The van der Waals surface area contributed by atoms with E-state index in [0.29, 0.717) is 11.4 Å². The van der Waals surface area contributed by atoms with Gasteiger partial charge in [0.05, 0.1) is 0 Å². The van der Waals surface area contributed by atoms with E-state index in [1.54, 1.807) is 26.8 Å². The maximum atomic E-state index is 13.0. The second kappa shape index (κ2) is 6.90. The fourth-order valence-electron chi connectivity index (χ4n) is 1.62. The number of nitrogens with two attached hydrogens (primary N) is 1. The second-order valence-electron chi connectivity index (χ2n) is 5.52. The van der Waals surface area contributed by atoms with E-state index in [4.69, 9.17) is 22.1 Å². The zero-order chi connectivity index (χ0) is 15.3. The number of hydrogen-bond acceptors (Lipinski definition) is 3. The summed E-state index contributed by atoms with van der Waals surface area (Å²) in [5.74, 6) is -0.400. The summed E-state index contributed by atoms with van der Waals surface area (Å²) >= 11 is 5.95. The summed E-state index contributed by atoms with van der Waals surface area (Å²) in [6, 6.07) is 3.81. The Kier molecular flexibility index (Phi) is 5.77. The fourth-order valence-corrected chi connectivity index (χ4v) is 1.86. The number of nitrogens with one attached hydrogen (secondary N) is 1. The molecule has 0 radical (unpaired) electrons. The maximum absolute atomic E-state index is 13.0. The Labute approximate surface area is 123 Å². The number of rotatable bonds is 4. The first-order valence-electron chi connectivity index (χ1n) is 6.35. The quantitative estimate of drug-likeness (QED) is 0.899. The lowest BCUT2D eigenvalue weighted by molar-refractivity contribution is 0.0506. The molecule has 0 aliphatic heterocycles. The van der Waals surface area contributed by atoms with Gasteiger partial charge in [-0.2, -0.15) is 0 Å². The Morgan fingerprint density at radius 2 is 2.15 bits per heavy atom. The third-order valence-corrected chi connectivity index (χ3v) is 2.84. The second-order valence-corrected chi connectivity index (χ2v) is 5.93. The average Bonchev–Trinajstić information content (AvgIpc) is 2.29. The van der Waals surface area contributed by atoms with Gasteiger partial charge < -0.3 is 15.8 Å². The van der Waals surface area contributed by atoms with Gasteiger partial charge in [0.2, 0.25) is 0 Å². The highest BCUT2D eigenvalue weighted by atomic mass is 35.5. The van der Waals surface area contributed by atoms with Crippen LogP contribution in [0.4, 0.5) is 9.18 Å². The van der Waals surface area contributed by atoms with E-state index in [9.17, 15) is 9.18 Å². The Balaban J connectivity index is 2.65. The molecular formula is C14H20ClFN2O2. The number of halogens is 2. The van der Waals surface area contributed by atoms with Crippen molar-refractivity contribution < 1.29 is 13.9 Å². The minimum atomic E-state index is -0.573. The van der Waals surface area contributed by atoms with Crippen molar-refractivity contribution in [3.8, 4) is 0 Å². The summed E-state index contributed by atoms with van der Waals surface area (Å²) in [6.07, 6.45) is -0.124. The Morgan fingerprint density at radius 1 is 1.50 bits per heavy atom. The number of carbonyl (C=O) groups excluding carboxylic acids is 1. The number of benzene rings is 1. The number of ether oxygens (including phenoxy) is 1. The zero-order valence-corrected chi connectivity index (χ0v) is 12.6. The molecule has 0 heterocycles. The lowest BCUT2D eigenvalue weighted by Gasteiger charge is -2.23. The van der Waals surface area contributed by atoms with Gasteiger partial charge in [0, 0.05) is 17.6 Å². The van der Waals surface area contributed by atoms with Crippen LogP contribution >= 0.6 is 11.6 Å². The number of carbonyl (C=O) groups is 1. The van der Waals surface area contributed by atoms with Gasteiger partial charge in [0.1, 0.15) is 11.4 Å². The van der Waals surface area contributed by atoms with Crippen LogP contribution in [0.5, 0.6) is 0 Å². The molecule has 3 N–H and O–H groups in total. The zero-order valence-electron chi connectivity index (χ0n) is 11.9. The van der Waals surface area contributed by atoms with Crippen molar-refractivity contribution in [3.05, 3.63) is 34.6 Å². The third-order valence-electron chi connectivity index (χ3n) is 2.49. The van der Waals surface area contributed by atoms with Gasteiger partial charge >= 0.3 is 6.09 Å². The Bertz CT molecular complexity index is 475. The highest BCUT2D eigenvalue weighted by Crippen LogP contribution is 2.18. The van der Waals surface area contributed by atoms with Gasteiger partial charge in [-0.05, 0) is 44.9 Å². The molecular weight excluding hydrogens is 283 g/mol. The van der Waals surface area contributed by atoms with Crippen molar-refractivity contribution in [2.24, 2.45) is 5.73 Å². The summed E-state index contributed by atoms with van der Waals surface area (Å²) in [5.41, 5.74) is 5.77. The van der Waals surface area contributed by atoms with Gasteiger partial charge in [-0.15, -0.1) is 0 Å². The minimum Gasteiger partial charge on any atom is -0.444 e. The molecule has 4 nitrogen and oxygen atoms in total. The lowest BCUT2D eigenvalue weighted by atomic mass is 10.1. The molecule has 20 heavy (non-hydrogen) atoms. The standard InChI is InChI=1S/C14H20ClFN2O2/c1-14(2,3)20-13(19)18-11(8-17)6-9-4-5-10(16)7-12(9)15/h4-5,7,11H,6,8,17H2,1-3H3,(H,18,19). The van der Waals surface area contributed by atoms with Crippen molar-refractivity contribution in [2.75, 3.05) is 6.54 Å². The van der Waals surface area contributed by atoms with Crippen LogP contribution in [0, 0.1) is 5.82 Å². The van der Waals surface area contributed by atoms with Crippen molar-refractivity contribution in [2.45, 2.75) is 38.8 Å². The highest BCUT2D eigenvalue weighted by Gasteiger charge is 2.19. The normalized spacial score (nSPS) is 12.9. The molecule has 1 unspecified atom stereocenters. The monoisotopic (exact) mass is 302 g/mol. The van der Waals surface area contributed by atoms with Crippen molar-refractivity contribution >= 4 is 17.7 Å². The topological polar surface area (TPSA) is 64.3 Å². The van der Waals surface area contributed by atoms with Gasteiger partial charge in [-0.25, -0.2) is 9.18 Å². The largest absolute Gasteiger partial charge is 0.444 e. The summed E-state index contributed by atoms with van der Waals surface area (Å²) in [5, 5.41) is 2.99. The van der Waals surface area contributed by atoms with Crippen molar-refractivity contribution in [3.63, 3.8) is 0 Å². The smallest absolute Gasteiger partial charge is 0.407 e. The predicted molar refractivity (Wildman–Crippen MR) is 77.3 cm³/mol. The fraction of sp³-hybridized carbons (Fsp3) is 0.500. The molecule has 0 aliphatic rings. The highest BCUT2D eigenvalue weighted by molar-refractivity contribution is 6.31. The molecule has 0 saturated heterocycles. The predicted octanol–water partition coefficient (Wildman–Crippen LogP) is 2.87. The lowest BCUT2D eigenvalue weighted by Crippen LogP contribution is -2.44. The number of hydrogen-bond donors (Lipinski definition) is 2. The average molecular weight is 303 g/mol. The number of amides is 1. The Morgan fingerprint density at radius 3 is 2.65 bits per heavy atom. The van der Waals surface area contributed by atoms with Gasteiger partial charge in [-0.1, -0.05) is 17.7 Å². The van der Waals surface area contributed by atoms with E-state index in [1.807, 2.05) is 0 Å². The van der Waals surface area contributed by atoms with Crippen LogP contribution in [0.3, 0.4) is 0 Å². The summed E-state index contributed by atoms with van der Waals surface area (Å²) < 4.78 is 18.1. The van der Waals surface area contributed by atoms with Crippen molar-refractivity contribution in [1.82, 2.24) is 5.32 Å². The molecule has 0 fully saturated rings. The molecule has 1 aromatic carbocycles. The van der Waals surface area contributed by atoms with Gasteiger partial charge in [0.25, 0.3) is 0 Å². The van der Waals surface area contributed by atoms with Crippen LogP contribution < -0.4 is 11.1 Å². The molecule has 0 spiro atoms. The van der Waals surface area contributed by atoms with Crippen LogP contribution in [-0.2, 0) is 11.2 Å². The van der Waals surface area contributed by atoms with Gasteiger partial charge in [0.15, 0.2) is 0 Å². The van der Waals surface area contributed by atoms with Crippen LogP contribution in [0.15, 0.2) is 18.2 Å². The Hall–Kier alpha value is -1.33. The molecule has 0 saturated carbocycles. The summed E-state index contributed by atoms with van der Waals surface area (Å²) in [7, 11) is 0. The van der Waals surface area contributed by atoms with E-state index in [-0.39, 0.29) is 12.6 Å². The maximum Gasteiger partial charge on any atom is 0.407 e. The van der Waals surface area contributed by atoms with Crippen LogP contribution in [0.1, 0.15) is 26.3 Å². The first-order valence-corrected chi connectivity index (χ1v) is 6.72. The first kappa shape index (κ1) is 16.7. The molecule has 1 amide bonds. The van der Waals surface area contributed by atoms with E-state index >= 15 is 0 Å². The summed E-state index contributed by atoms with van der Waals surface area (Å²) in [4.78, 5) is 11.7. The molecule has 1 aromatic rings. The van der Waals surface area contributed by atoms with E-state index in [2.05, 4.69) is 5.32 Å². The molecule has 0 aromatic heterocycles. The van der Waals surface area contributed by atoms with Crippen LogP contribution in [-0.4, -0.2) is 24.3 Å². The van der Waals surface area contributed by atoms with E-state index < -0.39 is 17.5 Å². The molecule has 0 aliphatic carbocycles. The molecule has 112 valence electrons. The molecule has 1 rings (SSSR count). The van der Waals surface area contributed by atoms with Crippen LogP contribution in [0.2, 0.25) is 5.02 Å². The van der Waals surface area contributed by atoms with E-state index in [1.165, 1.54) is 12.1 Å². The minimum absolute atomic E-state index is 0.229. The number of alkyl carbamates (subject to hydrolysis) is 1. The molecule has 6 heteroatoms. The molecule has 1 atom stereocenters. The van der Waals surface area contributed by atoms with Gasteiger partial charge in [-0.3, -0.25) is 0 Å². The van der Waals surface area contributed by atoms with E-state index in [0.717, 1.165) is 5.56 Å². The molecule has 0 bridgehead atoms. The van der Waals surface area contributed by atoms with Crippen LogP contribution in [0.25, 0.3) is 0 Å². The first-order chi connectivity index (χ1) is 9.21.